The lowest BCUT2D eigenvalue weighted by Crippen LogP contribution is -2.29. The van der Waals surface area contributed by atoms with Crippen molar-refractivity contribution < 1.29 is 37.9 Å². The molecule has 258 valence electrons. The second kappa shape index (κ2) is 31.5. The number of hydrogen-bond donors (Lipinski definition) is 2. The van der Waals surface area contributed by atoms with Crippen LogP contribution in [0.4, 0.5) is 0 Å². The molecule has 0 aromatic rings. The van der Waals surface area contributed by atoms with Crippen LogP contribution in [-0.4, -0.2) is 41.0 Å². The molecule has 0 unspecified atom stereocenters. The normalized spacial score (nSPS) is 12.7. The van der Waals surface area contributed by atoms with Crippen LogP contribution in [0.5, 0.6) is 0 Å². The van der Waals surface area contributed by atoms with Crippen LogP contribution >= 0.6 is 7.82 Å². The molecule has 0 spiro atoms. The van der Waals surface area contributed by atoms with Gasteiger partial charge in [0, 0.05) is 12.8 Å². The number of phosphoric acid groups is 1. The number of esters is 2. The molecule has 0 aliphatic heterocycles. The zero-order valence-electron chi connectivity index (χ0n) is 28.1. The summed E-state index contributed by atoms with van der Waals surface area (Å²) in [6.45, 7) is 3.61. The number of rotatable bonds is 32. The predicted molar refractivity (Wildman–Crippen MR) is 179 cm³/mol. The topological polar surface area (TPSA) is 119 Å². The van der Waals surface area contributed by atoms with Crippen molar-refractivity contribution in [1.82, 2.24) is 0 Å². The van der Waals surface area contributed by atoms with Crippen LogP contribution in [0.25, 0.3) is 0 Å². The average molecular weight is 645 g/mol. The molecule has 0 heterocycles. The third-order valence-electron chi connectivity index (χ3n) is 7.47. The molecule has 2 N–H and O–H groups in total. The van der Waals surface area contributed by atoms with Crippen molar-refractivity contribution in [2.45, 2.75) is 174 Å². The van der Waals surface area contributed by atoms with Gasteiger partial charge in [0.05, 0.1) is 6.61 Å². The van der Waals surface area contributed by atoms with E-state index < -0.39 is 32.5 Å². The third-order valence-corrected chi connectivity index (χ3v) is 7.96. The Morgan fingerprint density at radius 3 is 1.55 bits per heavy atom. The van der Waals surface area contributed by atoms with Crippen LogP contribution in [-0.2, 0) is 28.2 Å². The lowest BCUT2D eigenvalue weighted by molar-refractivity contribution is -0.161. The van der Waals surface area contributed by atoms with Gasteiger partial charge >= 0.3 is 19.8 Å². The Hall–Kier alpha value is -1.47. The quantitative estimate of drug-likeness (QED) is 0.0321. The van der Waals surface area contributed by atoms with Crippen molar-refractivity contribution in [2.24, 2.45) is 0 Å². The second-order valence-electron chi connectivity index (χ2n) is 11.8. The molecule has 8 nitrogen and oxygen atoms in total. The Bertz CT molecular complexity index is 777. The maximum atomic E-state index is 12.3. The van der Waals surface area contributed by atoms with E-state index in [4.69, 9.17) is 19.3 Å². The highest BCUT2D eigenvalue weighted by Gasteiger charge is 2.22. The summed E-state index contributed by atoms with van der Waals surface area (Å²) in [5.74, 6) is -0.895. The minimum atomic E-state index is -4.74. The zero-order valence-corrected chi connectivity index (χ0v) is 29.0. The van der Waals surface area contributed by atoms with Gasteiger partial charge in [0.15, 0.2) is 6.10 Å². The van der Waals surface area contributed by atoms with Gasteiger partial charge in [0.2, 0.25) is 0 Å². The van der Waals surface area contributed by atoms with E-state index in [1.165, 1.54) is 83.5 Å². The molecule has 0 aliphatic carbocycles. The predicted octanol–water partition coefficient (Wildman–Crippen LogP) is 10.1. The average Bonchev–Trinajstić information content (AvgIpc) is 2.98. The minimum absolute atomic E-state index is 0.205. The van der Waals surface area contributed by atoms with E-state index in [1.807, 2.05) is 0 Å². The molecule has 0 amide bonds. The summed E-state index contributed by atoms with van der Waals surface area (Å²) in [7, 11) is -4.74. The van der Waals surface area contributed by atoms with Crippen LogP contribution in [0.3, 0.4) is 0 Å². The van der Waals surface area contributed by atoms with Crippen molar-refractivity contribution in [3.8, 4) is 0 Å². The number of unbranched alkanes of at least 4 members (excludes halogenated alkanes) is 18. The first-order valence-electron chi connectivity index (χ1n) is 17.6. The van der Waals surface area contributed by atoms with Crippen LogP contribution in [0.1, 0.15) is 168 Å². The van der Waals surface area contributed by atoms with Gasteiger partial charge in [-0.15, -0.1) is 0 Å². The van der Waals surface area contributed by atoms with Gasteiger partial charge in [-0.25, -0.2) is 4.57 Å². The molecule has 0 saturated carbocycles. The highest BCUT2D eigenvalue weighted by atomic mass is 31.2. The van der Waals surface area contributed by atoms with Crippen molar-refractivity contribution in [1.29, 1.82) is 0 Å². The molecule has 0 saturated heterocycles. The molecular formula is C35H65O8P. The molecule has 0 fully saturated rings. The molecule has 44 heavy (non-hydrogen) atoms. The highest BCUT2D eigenvalue weighted by molar-refractivity contribution is 7.46. The van der Waals surface area contributed by atoms with Gasteiger partial charge in [-0.05, 0) is 44.9 Å². The summed E-state index contributed by atoms with van der Waals surface area (Å²) in [6, 6.07) is 0. The van der Waals surface area contributed by atoms with E-state index in [0.717, 1.165) is 51.4 Å². The number of phosphoric ester groups is 1. The monoisotopic (exact) mass is 644 g/mol. The maximum Gasteiger partial charge on any atom is 0.469 e. The van der Waals surface area contributed by atoms with E-state index in [-0.39, 0.29) is 19.4 Å². The smallest absolute Gasteiger partial charge is 0.462 e. The Morgan fingerprint density at radius 2 is 1.02 bits per heavy atom. The van der Waals surface area contributed by atoms with E-state index in [1.54, 1.807) is 0 Å². The largest absolute Gasteiger partial charge is 0.469 e. The number of carbonyl (C=O) groups excluding carboxylic acids is 2. The first-order valence-corrected chi connectivity index (χ1v) is 19.2. The van der Waals surface area contributed by atoms with E-state index in [2.05, 4.69) is 42.7 Å². The summed E-state index contributed by atoms with van der Waals surface area (Å²) >= 11 is 0. The van der Waals surface area contributed by atoms with Crippen LogP contribution < -0.4 is 0 Å². The van der Waals surface area contributed by atoms with Crippen molar-refractivity contribution >= 4 is 19.8 Å². The summed E-state index contributed by atoms with van der Waals surface area (Å²) in [5, 5.41) is 0. The van der Waals surface area contributed by atoms with Crippen LogP contribution in [0.15, 0.2) is 24.3 Å². The minimum Gasteiger partial charge on any atom is -0.462 e. The number of carbonyl (C=O) groups is 2. The maximum absolute atomic E-state index is 12.3. The van der Waals surface area contributed by atoms with Crippen molar-refractivity contribution in [3.63, 3.8) is 0 Å². The van der Waals surface area contributed by atoms with Crippen LogP contribution in [0.2, 0.25) is 0 Å². The molecule has 0 bridgehead atoms. The molecular weight excluding hydrogens is 579 g/mol. The number of ether oxygens (including phenoxy) is 2. The van der Waals surface area contributed by atoms with Gasteiger partial charge in [-0.2, -0.15) is 0 Å². The molecule has 0 rings (SSSR count). The summed E-state index contributed by atoms with van der Waals surface area (Å²) in [6.07, 6.45) is 33.3. The van der Waals surface area contributed by atoms with Gasteiger partial charge in [-0.3, -0.25) is 14.1 Å². The molecule has 1 atom stereocenters. The Morgan fingerprint density at radius 1 is 0.591 bits per heavy atom. The summed E-state index contributed by atoms with van der Waals surface area (Å²) in [4.78, 5) is 42.5. The van der Waals surface area contributed by atoms with Gasteiger partial charge in [0.1, 0.15) is 6.61 Å². The molecule has 0 radical (unpaired) electrons. The van der Waals surface area contributed by atoms with E-state index >= 15 is 0 Å². The lowest BCUT2D eigenvalue weighted by Gasteiger charge is -2.18. The second-order valence-corrected chi connectivity index (χ2v) is 13.1. The van der Waals surface area contributed by atoms with Gasteiger partial charge in [0.25, 0.3) is 0 Å². The van der Waals surface area contributed by atoms with Gasteiger partial charge < -0.3 is 19.3 Å². The van der Waals surface area contributed by atoms with Gasteiger partial charge in [-0.1, -0.05) is 134 Å². The summed E-state index contributed by atoms with van der Waals surface area (Å²) in [5.41, 5.74) is 0. The number of allylic oxidation sites excluding steroid dienone is 4. The first-order chi connectivity index (χ1) is 21.3. The first kappa shape index (κ1) is 42.5. The summed E-state index contributed by atoms with van der Waals surface area (Å²) < 4.78 is 26.2. The fourth-order valence-electron chi connectivity index (χ4n) is 4.81. The fourth-order valence-corrected chi connectivity index (χ4v) is 5.17. The fraction of sp³-hybridized carbons (Fsp3) is 0.829. The van der Waals surface area contributed by atoms with E-state index in [0.29, 0.717) is 6.42 Å². The standard InChI is InChI=1S/C35H65O8P/c1-3-5-7-9-11-13-14-15-16-17-18-19-20-22-24-26-28-30-35(37)43-33(32-42-44(38,39)40)31-41-34(36)29-27-25-23-21-12-10-8-6-4-2/h11,13,15-16,33H,3-10,12,14,17-32H2,1-2H3,(H2,38,39,40)/b13-11+,16-15+/t33-/m1/s1. The van der Waals surface area contributed by atoms with Crippen molar-refractivity contribution in [2.75, 3.05) is 13.2 Å². The third kappa shape index (κ3) is 33.4. The zero-order chi connectivity index (χ0) is 32.6. The van der Waals surface area contributed by atoms with Crippen molar-refractivity contribution in [3.05, 3.63) is 24.3 Å². The molecule has 0 aliphatic rings. The molecule has 0 aromatic carbocycles. The molecule has 9 heteroatoms. The lowest BCUT2D eigenvalue weighted by atomic mass is 10.1. The molecule has 0 aromatic heterocycles. The van der Waals surface area contributed by atoms with Crippen LogP contribution in [0, 0.1) is 0 Å². The van der Waals surface area contributed by atoms with E-state index in [9.17, 15) is 14.2 Å². The number of hydrogen-bond acceptors (Lipinski definition) is 6. The SMILES string of the molecule is CCCCC/C=C/C/C=C/CCCCCCCCCC(=O)O[C@H](COC(=O)CCCCCCCCCCC)COP(=O)(O)O. The highest BCUT2D eigenvalue weighted by Crippen LogP contribution is 2.36. The Labute approximate surface area is 269 Å². The Balaban J connectivity index is 3.98. The Kier molecular flexibility index (Phi) is 30.5.